The predicted molar refractivity (Wildman–Crippen MR) is 58.5 cm³/mol. The molecule has 3 nitrogen and oxygen atoms in total. The number of rotatable bonds is 1. The fraction of sp³-hybridized carbons (Fsp3) is 0.750. The van der Waals surface area contributed by atoms with Crippen LogP contribution in [-0.4, -0.2) is 36.0 Å². The Morgan fingerprint density at radius 3 is 2.87 bits per heavy atom. The van der Waals surface area contributed by atoms with Crippen LogP contribution in [0.2, 0.25) is 0 Å². The van der Waals surface area contributed by atoms with Crippen LogP contribution in [0.4, 0.5) is 0 Å². The van der Waals surface area contributed by atoms with Crippen LogP contribution in [0, 0.1) is 0 Å². The van der Waals surface area contributed by atoms with Crippen LogP contribution in [0.3, 0.4) is 0 Å². The Kier molecular flexibility index (Phi) is 2.83. The molecule has 0 spiro atoms. The molecule has 1 fully saturated rings. The second-order valence-electron chi connectivity index (χ2n) is 4.99. The molecular formula is C12H19NO2. The Labute approximate surface area is 91.1 Å². The van der Waals surface area contributed by atoms with E-state index in [0.717, 1.165) is 32.5 Å². The molecule has 0 aromatic carbocycles. The average Bonchev–Trinajstić information content (AvgIpc) is 2.49. The van der Waals surface area contributed by atoms with Crippen molar-refractivity contribution in [3.05, 3.63) is 11.8 Å². The Bertz CT molecular complexity index is 294. The number of hydrogen-bond acceptors (Lipinski definition) is 3. The quantitative estimate of drug-likeness (QED) is 0.658. The van der Waals surface area contributed by atoms with Crippen LogP contribution >= 0.6 is 0 Å². The Morgan fingerprint density at radius 2 is 2.20 bits per heavy atom. The summed E-state index contributed by atoms with van der Waals surface area (Å²) >= 11 is 0. The van der Waals surface area contributed by atoms with Gasteiger partial charge in [0.15, 0.2) is 5.78 Å². The third-order valence-corrected chi connectivity index (χ3v) is 3.00. The second-order valence-corrected chi connectivity index (χ2v) is 4.99. The van der Waals surface area contributed by atoms with Gasteiger partial charge in [0.1, 0.15) is 0 Å². The lowest BCUT2D eigenvalue weighted by Crippen LogP contribution is -2.37. The number of nitrogens with zero attached hydrogens (tertiary/aromatic N) is 1. The molecule has 1 aliphatic heterocycles. The number of hydrogen-bond donors (Lipinski definition) is 0. The molecule has 0 aromatic rings. The first-order valence-electron chi connectivity index (χ1n) is 5.69. The van der Waals surface area contributed by atoms with E-state index in [2.05, 4.69) is 18.7 Å². The smallest absolute Gasteiger partial charge is 0.157 e. The summed E-state index contributed by atoms with van der Waals surface area (Å²) in [5.74, 6) is 0.271. The van der Waals surface area contributed by atoms with Crippen molar-refractivity contribution in [1.82, 2.24) is 4.90 Å². The maximum absolute atomic E-state index is 11.2. The van der Waals surface area contributed by atoms with Gasteiger partial charge in [-0.05, 0) is 26.7 Å². The highest BCUT2D eigenvalue weighted by atomic mass is 16.5. The summed E-state index contributed by atoms with van der Waals surface area (Å²) in [7, 11) is 0. The SMILES string of the molecule is CC1(C)CN(C2=CC(=O)CC2)CCCO1. The van der Waals surface area contributed by atoms with E-state index < -0.39 is 0 Å². The van der Waals surface area contributed by atoms with E-state index >= 15 is 0 Å². The van der Waals surface area contributed by atoms with E-state index in [4.69, 9.17) is 4.74 Å². The molecule has 15 heavy (non-hydrogen) atoms. The number of carbonyl (C=O) groups is 1. The van der Waals surface area contributed by atoms with Crippen molar-refractivity contribution in [2.45, 2.75) is 38.7 Å². The van der Waals surface area contributed by atoms with E-state index in [1.165, 1.54) is 5.70 Å². The highest BCUT2D eigenvalue weighted by Gasteiger charge is 2.28. The third-order valence-electron chi connectivity index (χ3n) is 3.00. The van der Waals surface area contributed by atoms with Crippen molar-refractivity contribution in [3.8, 4) is 0 Å². The Hall–Kier alpha value is -0.830. The minimum atomic E-state index is -0.0943. The molecule has 1 heterocycles. The molecule has 0 amide bonds. The fourth-order valence-electron chi connectivity index (χ4n) is 2.26. The number of allylic oxidation sites excluding steroid dienone is 2. The molecule has 0 atom stereocenters. The van der Waals surface area contributed by atoms with Crippen LogP contribution in [0.25, 0.3) is 0 Å². The van der Waals surface area contributed by atoms with E-state index in [1.807, 2.05) is 0 Å². The van der Waals surface area contributed by atoms with E-state index in [9.17, 15) is 4.79 Å². The second kappa shape index (κ2) is 3.97. The molecule has 0 unspecified atom stereocenters. The summed E-state index contributed by atoms with van der Waals surface area (Å²) in [6.45, 7) is 6.96. The molecule has 2 rings (SSSR count). The van der Waals surface area contributed by atoms with E-state index in [1.54, 1.807) is 6.08 Å². The minimum Gasteiger partial charge on any atom is -0.374 e. The van der Waals surface area contributed by atoms with Gasteiger partial charge in [-0.3, -0.25) is 4.79 Å². The average molecular weight is 209 g/mol. The largest absolute Gasteiger partial charge is 0.374 e. The van der Waals surface area contributed by atoms with Crippen LogP contribution in [-0.2, 0) is 9.53 Å². The van der Waals surface area contributed by atoms with Crippen molar-refractivity contribution in [3.63, 3.8) is 0 Å². The Morgan fingerprint density at radius 1 is 1.40 bits per heavy atom. The fourth-order valence-corrected chi connectivity index (χ4v) is 2.26. The maximum Gasteiger partial charge on any atom is 0.157 e. The predicted octanol–water partition coefficient (Wildman–Crippen LogP) is 1.73. The van der Waals surface area contributed by atoms with Crippen molar-refractivity contribution in [2.75, 3.05) is 19.7 Å². The summed E-state index contributed by atoms with van der Waals surface area (Å²) in [5, 5.41) is 0. The van der Waals surface area contributed by atoms with Crippen LogP contribution < -0.4 is 0 Å². The molecule has 0 aromatic heterocycles. The van der Waals surface area contributed by atoms with Gasteiger partial charge in [-0.2, -0.15) is 0 Å². The maximum atomic E-state index is 11.2. The summed E-state index contributed by atoms with van der Waals surface area (Å²) in [6, 6.07) is 0. The van der Waals surface area contributed by atoms with Gasteiger partial charge in [0.05, 0.1) is 5.60 Å². The Balaban J connectivity index is 2.08. The molecular weight excluding hydrogens is 190 g/mol. The first kappa shape index (κ1) is 10.7. The molecule has 0 radical (unpaired) electrons. The highest BCUT2D eigenvalue weighted by Crippen LogP contribution is 2.25. The normalized spacial score (nSPS) is 26.4. The zero-order chi connectivity index (χ0) is 10.9. The van der Waals surface area contributed by atoms with E-state index in [0.29, 0.717) is 6.42 Å². The van der Waals surface area contributed by atoms with Gasteiger partial charge in [0.2, 0.25) is 0 Å². The molecule has 1 aliphatic carbocycles. The summed E-state index contributed by atoms with van der Waals surface area (Å²) in [5.41, 5.74) is 1.11. The lowest BCUT2D eigenvalue weighted by Gasteiger charge is -2.31. The van der Waals surface area contributed by atoms with Crippen molar-refractivity contribution < 1.29 is 9.53 Å². The molecule has 3 heteroatoms. The summed E-state index contributed by atoms with van der Waals surface area (Å²) in [4.78, 5) is 13.5. The number of carbonyl (C=O) groups excluding carboxylic acids is 1. The standard InChI is InChI=1S/C12H19NO2/c1-12(2)9-13(6-3-7-15-12)10-4-5-11(14)8-10/h8H,3-7,9H2,1-2H3. The van der Waals surface area contributed by atoms with Gasteiger partial charge >= 0.3 is 0 Å². The van der Waals surface area contributed by atoms with Gasteiger partial charge in [-0.1, -0.05) is 0 Å². The van der Waals surface area contributed by atoms with Gasteiger partial charge in [-0.25, -0.2) is 0 Å². The number of ketones is 1. The molecule has 0 saturated carbocycles. The molecule has 1 saturated heterocycles. The van der Waals surface area contributed by atoms with Crippen LogP contribution in [0.1, 0.15) is 33.1 Å². The number of ether oxygens (including phenoxy) is 1. The first-order valence-corrected chi connectivity index (χ1v) is 5.69. The topological polar surface area (TPSA) is 29.5 Å². The van der Waals surface area contributed by atoms with Crippen molar-refractivity contribution in [1.29, 1.82) is 0 Å². The van der Waals surface area contributed by atoms with E-state index in [-0.39, 0.29) is 11.4 Å². The lowest BCUT2D eigenvalue weighted by molar-refractivity contribution is -0.114. The van der Waals surface area contributed by atoms with Gasteiger partial charge in [-0.15, -0.1) is 0 Å². The summed E-state index contributed by atoms with van der Waals surface area (Å²) in [6.07, 6.45) is 4.46. The van der Waals surface area contributed by atoms with Crippen LogP contribution in [0.5, 0.6) is 0 Å². The van der Waals surface area contributed by atoms with Crippen molar-refractivity contribution >= 4 is 5.78 Å². The molecule has 0 N–H and O–H groups in total. The van der Waals surface area contributed by atoms with Crippen molar-refractivity contribution in [2.24, 2.45) is 0 Å². The van der Waals surface area contributed by atoms with Crippen LogP contribution in [0.15, 0.2) is 11.8 Å². The highest BCUT2D eigenvalue weighted by molar-refractivity contribution is 5.92. The summed E-state index contributed by atoms with van der Waals surface area (Å²) < 4.78 is 5.75. The lowest BCUT2D eigenvalue weighted by atomic mass is 10.1. The minimum absolute atomic E-state index is 0.0943. The van der Waals surface area contributed by atoms with Gasteiger partial charge in [0.25, 0.3) is 0 Å². The molecule has 0 bridgehead atoms. The zero-order valence-corrected chi connectivity index (χ0v) is 9.58. The zero-order valence-electron chi connectivity index (χ0n) is 9.58. The molecule has 2 aliphatic rings. The van der Waals surface area contributed by atoms with Gasteiger partial charge in [0, 0.05) is 37.9 Å². The third kappa shape index (κ3) is 2.59. The first-order chi connectivity index (χ1) is 7.07. The van der Waals surface area contributed by atoms with Gasteiger partial charge < -0.3 is 9.64 Å². The monoisotopic (exact) mass is 209 g/mol. The molecule has 84 valence electrons.